The first-order chi connectivity index (χ1) is 10.2. The van der Waals surface area contributed by atoms with E-state index in [1.165, 1.54) is 4.88 Å². The lowest BCUT2D eigenvalue weighted by Gasteiger charge is -2.04. The van der Waals surface area contributed by atoms with Crippen molar-refractivity contribution in [2.24, 2.45) is 0 Å². The maximum atomic E-state index is 8.88. The number of nitrogens with zero attached hydrogens (tertiary/aromatic N) is 4. The lowest BCUT2D eigenvalue weighted by atomic mass is 10.0. The third-order valence-electron chi connectivity index (χ3n) is 3.47. The largest absolute Gasteiger partial charge is 0.264 e. The zero-order chi connectivity index (χ0) is 14.8. The first-order valence-corrected chi connectivity index (χ1v) is 7.49. The van der Waals surface area contributed by atoms with E-state index in [4.69, 9.17) is 5.26 Å². The first kappa shape index (κ1) is 13.5. The molecule has 0 spiro atoms. The zero-order valence-electron chi connectivity index (χ0n) is 11.9. The number of nitriles is 1. The average Bonchev–Trinajstić information content (AvgIpc) is 3.09. The van der Waals surface area contributed by atoms with Crippen LogP contribution in [0.1, 0.15) is 21.8 Å². The van der Waals surface area contributed by atoms with Crippen molar-refractivity contribution in [2.75, 3.05) is 0 Å². The van der Waals surface area contributed by atoms with Gasteiger partial charge in [0.25, 0.3) is 0 Å². The third kappa shape index (κ3) is 2.58. The van der Waals surface area contributed by atoms with E-state index in [1.807, 2.05) is 47.6 Å². The topological polar surface area (TPSA) is 54.5 Å². The predicted molar refractivity (Wildman–Crippen MR) is 83.1 cm³/mol. The third-order valence-corrected chi connectivity index (χ3v) is 4.24. The summed E-state index contributed by atoms with van der Waals surface area (Å²) in [7, 11) is 0. The molecular formula is C16H14N4S. The van der Waals surface area contributed by atoms with Crippen molar-refractivity contribution >= 4 is 11.3 Å². The van der Waals surface area contributed by atoms with Gasteiger partial charge in [-0.2, -0.15) is 10.4 Å². The summed E-state index contributed by atoms with van der Waals surface area (Å²) in [6, 6.07) is 9.78. The molecule has 0 saturated heterocycles. The van der Waals surface area contributed by atoms with E-state index in [9.17, 15) is 0 Å². The summed E-state index contributed by atoms with van der Waals surface area (Å²) in [5, 5.41) is 13.5. The maximum absolute atomic E-state index is 8.88. The molecule has 4 nitrogen and oxygen atoms in total. The van der Waals surface area contributed by atoms with Gasteiger partial charge in [-0.3, -0.25) is 9.67 Å². The summed E-state index contributed by atoms with van der Waals surface area (Å²) >= 11 is 1.63. The number of aromatic nitrogens is 3. The number of rotatable bonds is 3. The summed E-state index contributed by atoms with van der Waals surface area (Å²) in [6.07, 6.45) is 1.88. The summed E-state index contributed by atoms with van der Waals surface area (Å²) < 4.78 is 2.01. The molecule has 104 valence electrons. The average molecular weight is 294 g/mol. The van der Waals surface area contributed by atoms with Crippen LogP contribution < -0.4 is 0 Å². The molecule has 0 atom stereocenters. The Bertz CT molecular complexity index is 792. The van der Waals surface area contributed by atoms with Crippen molar-refractivity contribution in [2.45, 2.75) is 20.4 Å². The van der Waals surface area contributed by atoms with Gasteiger partial charge >= 0.3 is 0 Å². The summed E-state index contributed by atoms with van der Waals surface area (Å²) in [4.78, 5) is 5.29. The molecule has 0 bridgehead atoms. The Hall–Kier alpha value is -2.45. The predicted octanol–water partition coefficient (Wildman–Crippen LogP) is 3.54. The van der Waals surface area contributed by atoms with Crippen LogP contribution in [0.15, 0.2) is 36.0 Å². The Kier molecular flexibility index (Phi) is 3.55. The number of benzene rings is 1. The number of hydrogen-bond acceptors (Lipinski definition) is 4. The van der Waals surface area contributed by atoms with Crippen molar-refractivity contribution < 1.29 is 0 Å². The molecule has 2 heterocycles. The van der Waals surface area contributed by atoms with Crippen molar-refractivity contribution in [1.82, 2.24) is 14.8 Å². The molecule has 1 aromatic carbocycles. The van der Waals surface area contributed by atoms with Gasteiger partial charge in [0.1, 0.15) is 0 Å². The molecule has 0 fully saturated rings. The summed E-state index contributed by atoms with van der Waals surface area (Å²) in [5.74, 6) is 0. The molecule has 0 aliphatic carbocycles. The Morgan fingerprint density at radius 1 is 1.24 bits per heavy atom. The molecule has 2 aromatic heterocycles. The van der Waals surface area contributed by atoms with Crippen LogP contribution in [-0.4, -0.2) is 14.8 Å². The number of aryl methyl sites for hydroxylation is 1. The molecule has 5 heteroatoms. The highest BCUT2D eigenvalue weighted by Crippen LogP contribution is 2.27. The second kappa shape index (κ2) is 5.51. The fourth-order valence-corrected chi connectivity index (χ4v) is 3.02. The molecule has 0 radical (unpaired) electrons. The smallest absolute Gasteiger partial charge is 0.0991 e. The van der Waals surface area contributed by atoms with E-state index in [-0.39, 0.29) is 0 Å². The van der Waals surface area contributed by atoms with E-state index in [2.05, 4.69) is 23.1 Å². The highest BCUT2D eigenvalue weighted by molar-refractivity contribution is 7.09. The van der Waals surface area contributed by atoms with Gasteiger partial charge in [0.05, 0.1) is 29.4 Å². The Morgan fingerprint density at radius 2 is 2.00 bits per heavy atom. The van der Waals surface area contributed by atoms with Crippen LogP contribution in [-0.2, 0) is 6.54 Å². The summed E-state index contributed by atoms with van der Waals surface area (Å²) in [6.45, 7) is 4.84. The van der Waals surface area contributed by atoms with Crippen molar-refractivity contribution in [1.29, 1.82) is 5.26 Å². The van der Waals surface area contributed by atoms with Gasteiger partial charge in [-0.15, -0.1) is 11.3 Å². The van der Waals surface area contributed by atoms with Gasteiger partial charge in [-0.05, 0) is 31.5 Å². The molecule has 3 aromatic rings. The van der Waals surface area contributed by atoms with Crippen molar-refractivity contribution in [3.05, 3.63) is 57.8 Å². The second-order valence-electron chi connectivity index (χ2n) is 4.86. The summed E-state index contributed by atoms with van der Waals surface area (Å²) in [5.41, 5.74) is 6.88. The van der Waals surface area contributed by atoms with Crippen molar-refractivity contribution in [3.8, 4) is 17.2 Å². The fraction of sp³-hybridized carbons (Fsp3) is 0.188. The van der Waals surface area contributed by atoms with E-state index in [1.54, 1.807) is 11.3 Å². The standard InChI is InChI=1S/C16H14N4S/c1-11-16(14-5-3-13(7-17)4-6-14)12(2)20(19-11)9-15-8-18-10-21-15/h3-6,8,10H,9H2,1-2H3. The monoisotopic (exact) mass is 294 g/mol. The first-order valence-electron chi connectivity index (χ1n) is 6.61. The molecule has 3 rings (SSSR count). The number of hydrogen-bond donors (Lipinski definition) is 0. The van der Waals surface area contributed by atoms with Crippen LogP contribution in [0.25, 0.3) is 11.1 Å². The second-order valence-corrected chi connectivity index (χ2v) is 5.83. The molecule has 0 amide bonds. The Morgan fingerprint density at radius 3 is 2.62 bits per heavy atom. The number of thiazole rings is 1. The SMILES string of the molecule is Cc1nn(Cc2cncs2)c(C)c1-c1ccc(C#N)cc1. The molecule has 0 aliphatic rings. The van der Waals surface area contributed by atoms with E-state index < -0.39 is 0 Å². The molecule has 0 unspecified atom stereocenters. The van der Waals surface area contributed by atoms with Gasteiger partial charge < -0.3 is 0 Å². The van der Waals surface area contributed by atoms with E-state index in [0.717, 1.165) is 29.1 Å². The van der Waals surface area contributed by atoms with Crippen LogP contribution in [0.4, 0.5) is 0 Å². The molecule has 0 saturated carbocycles. The highest BCUT2D eigenvalue weighted by Gasteiger charge is 2.14. The van der Waals surface area contributed by atoms with Gasteiger partial charge in [0, 0.05) is 22.3 Å². The van der Waals surface area contributed by atoms with E-state index >= 15 is 0 Å². The van der Waals surface area contributed by atoms with Gasteiger partial charge in [-0.1, -0.05) is 12.1 Å². The zero-order valence-corrected chi connectivity index (χ0v) is 12.7. The van der Waals surface area contributed by atoms with Gasteiger partial charge in [0.2, 0.25) is 0 Å². The van der Waals surface area contributed by atoms with Crippen LogP contribution in [0.5, 0.6) is 0 Å². The minimum Gasteiger partial charge on any atom is -0.264 e. The molecular weight excluding hydrogens is 280 g/mol. The highest BCUT2D eigenvalue weighted by atomic mass is 32.1. The molecule has 0 N–H and O–H groups in total. The normalized spacial score (nSPS) is 10.5. The van der Waals surface area contributed by atoms with E-state index in [0.29, 0.717) is 5.56 Å². The van der Waals surface area contributed by atoms with Crippen LogP contribution in [0, 0.1) is 25.2 Å². The molecule has 21 heavy (non-hydrogen) atoms. The Labute approximate surface area is 127 Å². The lowest BCUT2D eigenvalue weighted by molar-refractivity contribution is 0.665. The van der Waals surface area contributed by atoms with Crippen LogP contribution in [0.2, 0.25) is 0 Å². The minimum atomic E-state index is 0.672. The van der Waals surface area contributed by atoms with Gasteiger partial charge in [-0.25, -0.2) is 0 Å². The minimum absolute atomic E-state index is 0.672. The van der Waals surface area contributed by atoms with Crippen LogP contribution >= 0.6 is 11.3 Å². The van der Waals surface area contributed by atoms with Gasteiger partial charge in [0.15, 0.2) is 0 Å². The molecule has 0 aliphatic heterocycles. The maximum Gasteiger partial charge on any atom is 0.0991 e. The quantitative estimate of drug-likeness (QED) is 0.742. The Balaban J connectivity index is 1.99. The van der Waals surface area contributed by atoms with Crippen LogP contribution in [0.3, 0.4) is 0 Å². The fourth-order valence-electron chi connectivity index (χ4n) is 2.45. The lowest BCUT2D eigenvalue weighted by Crippen LogP contribution is -2.02. The van der Waals surface area contributed by atoms with Crippen molar-refractivity contribution in [3.63, 3.8) is 0 Å².